The first-order chi connectivity index (χ1) is 14.8. The second-order valence-corrected chi connectivity index (χ2v) is 9.53. The van der Waals surface area contributed by atoms with E-state index in [0.717, 1.165) is 26.8 Å². The third kappa shape index (κ3) is 5.56. The van der Waals surface area contributed by atoms with Gasteiger partial charge < -0.3 is 19.3 Å². The summed E-state index contributed by atoms with van der Waals surface area (Å²) < 4.78 is 10.9. The van der Waals surface area contributed by atoms with Gasteiger partial charge in [0.25, 0.3) is 5.91 Å². The zero-order valence-corrected chi connectivity index (χ0v) is 20.1. The fourth-order valence-corrected chi connectivity index (χ4v) is 5.13. The Kier molecular flexibility index (Phi) is 7.91. The summed E-state index contributed by atoms with van der Waals surface area (Å²) in [6.07, 6.45) is 1.09. The SMILES string of the molecule is COc1ccc(C2Sc3ccc(SC)cc3N(CCN(C)C)C(=O)C2OC(C)=O)cc1. The van der Waals surface area contributed by atoms with Crippen LogP contribution in [0.3, 0.4) is 0 Å². The third-order valence-electron chi connectivity index (χ3n) is 5.00. The molecule has 2 unspecified atom stereocenters. The molecule has 0 spiro atoms. The first-order valence-electron chi connectivity index (χ1n) is 9.96. The van der Waals surface area contributed by atoms with Crippen LogP contribution in [-0.2, 0) is 14.3 Å². The lowest BCUT2D eigenvalue weighted by atomic mass is 10.1. The molecule has 8 heteroatoms. The number of amides is 1. The Morgan fingerprint density at radius 2 is 1.90 bits per heavy atom. The minimum absolute atomic E-state index is 0.206. The molecule has 1 aliphatic heterocycles. The van der Waals surface area contributed by atoms with Gasteiger partial charge in [-0.05, 0) is 56.2 Å². The number of benzene rings is 2. The van der Waals surface area contributed by atoms with E-state index in [1.807, 2.05) is 55.6 Å². The highest BCUT2D eigenvalue weighted by Gasteiger charge is 2.40. The molecule has 2 atom stereocenters. The van der Waals surface area contributed by atoms with Crippen LogP contribution in [0.1, 0.15) is 17.7 Å². The predicted molar refractivity (Wildman–Crippen MR) is 126 cm³/mol. The van der Waals surface area contributed by atoms with Crippen molar-refractivity contribution in [3.63, 3.8) is 0 Å². The molecule has 0 saturated carbocycles. The van der Waals surface area contributed by atoms with Gasteiger partial charge in [-0.25, -0.2) is 0 Å². The van der Waals surface area contributed by atoms with Crippen molar-refractivity contribution in [1.82, 2.24) is 4.90 Å². The average Bonchev–Trinajstić information content (AvgIpc) is 2.86. The zero-order valence-electron chi connectivity index (χ0n) is 18.5. The fraction of sp³-hybridized carbons (Fsp3) is 0.391. The Balaban J connectivity index is 2.10. The molecule has 3 rings (SSSR count). The Hall–Kier alpha value is -2.16. The minimum Gasteiger partial charge on any atom is -0.497 e. The number of likely N-dealkylation sites (N-methyl/N-ethyl adjacent to an activating group) is 1. The number of thioether (sulfide) groups is 2. The van der Waals surface area contributed by atoms with Crippen molar-refractivity contribution in [2.75, 3.05) is 45.5 Å². The normalized spacial score (nSPS) is 18.5. The third-order valence-corrected chi connectivity index (χ3v) is 7.10. The van der Waals surface area contributed by atoms with E-state index in [9.17, 15) is 9.59 Å². The lowest BCUT2D eigenvalue weighted by molar-refractivity contribution is -0.152. The highest BCUT2D eigenvalue weighted by Crippen LogP contribution is 2.47. The smallest absolute Gasteiger partial charge is 0.303 e. The van der Waals surface area contributed by atoms with Crippen molar-refractivity contribution in [1.29, 1.82) is 0 Å². The summed E-state index contributed by atoms with van der Waals surface area (Å²) in [7, 11) is 5.56. The number of ether oxygens (including phenoxy) is 2. The van der Waals surface area contributed by atoms with Gasteiger partial charge in [-0.1, -0.05) is 12.1 Å². The Labute approximate surface area is 192 Å². The van der Waals surface area contributed by atoms with Crippen LogP contribution >= 0.6 is 23.5 Å². The quantitative estimate of drug-likeness (QED) is 0.456. The molecule has 1 aliphatic rings. The van der Waals surface area contributed by atoms with Crippen molar-refractivity contribution in [3.05, 3.63) is 48.0 Å². The monoisotopic (exact) mass is 460 g/mol. The fourth-order valence-electron chi connectivity index (χ4n) is 3.39. The highest BCUT2D eigenvalue weighted by molar-refractivity contribution is 8.00. The number of rotatable bonds is 7. The number of nitrogens with zero attached hydrogens (tertiary/aromatic N) is 2. The largest absolute Gasteiger partial charge is 0.497 e. The first kappa shape index (κ1) is 23.5. The lowest BCUT2D eigenvalue weighted by Crippen LogP contribution is -2.45. The van der Waals surface area contributed by atoms with Crippen LogP contribution < -0.4 is 9.64 Å². The van der Waals surface area contributed by atoms with Gasteiger partial charge in [0.2, 0.25) is 0 Å². The number of anilines is 1. The maximum atomic E-state index is 13.7. The highest BCUT2D eigenvalue weighted by atomic mass is 32.2. The van der Waals surface area contributed by atoms with E-state index in [1.165, 1.54) is 6.92 Å². The van der Waals surface area contributed by atoms with E-state index < -0.39 is 12.1 Å². The van der Waals surface area contributed by atoms with Crippen LogP contribution in [0.25, 0.3) is 0 Å². The van der Waals surface area contributed by atoms with Crippen molar-refractivity contribution < 1.29 is 19.1 Å². The molecule has 0 fully saturated rings. The summed E-state index contributed by atoms with van der Waals surface area (Å²) in [4.78, 5) is 31.6. The zero-order chi connectivity index (χ0) is 22.5. The number of hydrogen-bond donors (Lipinski definition) is 0. The predicted octanol–water partition coefficient (Wildman–Crippen LogP) is 4.09. The maximum absolute atomic E-state index is 13.7. The lowest BCUT2D eigenvalue weighted by Gasteiger charge is -2.28. The van der Waals surface area contributed by atoms with Crippen LogP contribution in [0, 0.1) is 0 Å². The van der Waals surface area contributed by atoms with E-state index in [2.05, 4.69) is 12.1 Å². The number of hydrogen-bond acceptors (Lipinski definition) is 7. The van der Waals surface area contributed by atoms with Gasteiger partial charge in [0.15, 0.2) is 6.10 Å². The van der Waals surface area contributed by atoms with Crippen molar-refractivity contribution in [2.24, 2.45) is 0 Å². The van der Waals surface area contributed by atoms with Gasteiger partial charge in [-0.2, -0.15) is 0 Å². The molecule has 0 aliphatic carbocycles. The Morgan fingerprint density at radius 1 is 1.19 bits per heavy atom. The number of carbonyl (C=O) groups is 2. The van der Waals surface area contributed by atoms with Crippen LogP contribution in [-0.4, -0.2) is 63.4 Å². The first-order valence-corrected chi connectivity index (χ1v) is 12.1. The van der Waals surface area contributed by atoms with E-state index >= 15 is 0 Å². The number of esters is 1. The van der Waals surface area contributed by atoms with Gasteiger partial charge >= 0.3 is 5.97 Å². The summed E-state index contributed by atoms with van der Waals surface area (Å²) in [5, 5.41) is -0.370. The van der Waals surface area contributed by atoms with Gasteiger partial charge in [-0.15, -0.1) is 23.5 Å². The number of fused-ring (bicyclic) bond motifs is 1. The van der Waals surface area contributed by atoms with E-state index in [4.69, 9.17) is 9.47 Å². The molecule has 0 bridgehead atoms. The van der Waals surface area contributed by atoms with Crippen molar-refractivity contribution in [3.8, 4) is 5.75 Å². The van der Waals surface area contributed by atoms with Crippen molar-refractivity contribution in [2.45, 2.75) is 28.1 Å². The summed E-state index contributed by atoms with van der Waals surface area (Å²) >= 11 is 3.18. The molecule has 166 valence electrons. The number of carbonyl (C=O) groups excluding carboxylic acids is 2. The minimum atomic E-state index is -0.928. The maximum Gasteiger partial charge on any atom is 0.303 e. The molecule has 6 nitrogen and oxygen atoms in total. The molecule has 2 aromatic carbocycles. The van der Waals surface area contributed by atoms with Crippen LogP contribution in [0.15, 0.2) is 52.3 Å². The molecule has 1 amide bonds. The van der Waals surface area contributed by atoms with E-state index in [1.54, 1.807) is 35.5 Å². The Bertz CT molecular complexity index is 934. The molecular weight excluding hydrogens is 432 g/mol. The van der Waals surface area contributed by atoms with Gasteiger partial charge in [0, 0.05) is 29.8 Å². The van der Waals surface area contributed by atoms with Gasteiger partial charge in [0.05, 0.1) is 18.0 Å². The second kappa shape index (κ2) is 10.4. The van der Waals surface area contributed by atoms with E-state index in [0.29, 0.717) is 13.1 Å². The summed E-state index contributed by atoms with van der Waals surface area (Å²) in [5.41, 5.74) is 1.76. The molecule has 0 radical (unpaired) electrons. The van der Waals surface area contributed by atoms with Crippen LogP contribution in [0.5, 0.6) is 5.75 Å². The molecule has 1 heterocycles. The van der Waals surface area contributed by atoms with Gasteiger partial charge in [0.1, 0.15) is 5.75 Å². The topological polar surface area (TPSA) is 59.1 Å². The average molecular weight is 461 g/mol. The molecule has 31 heavy (non-hydrogen) atoms. The molecular formula is C23H28N2O4S2. The molecule has 2 aromatic rings. The van der Waals surface area contributed by atoms with Crippen LogP contribution in [0.4, 0.5) is 5.69 Å². The van der Waals surface area contributed by atoms with Gasteiger partial charge in [-0.3, -0.25) is 9.59 Å². The summed E-state index contributed by atoms with van der Waals surface area (Å²) in [6.45, 7) is 2.54. The van der Waals surface area contributed by atoms with E-state index in [-0.39, 0.29) is 11.2 Å². The number of methoxy groups -OCH3 is 1. The van der Waals surface area contributed by atoms with Crippen molar-refractivity contribution >= 4 is 41.1 Å². The summed E-state index contributed by atoms with van der Waals surface area (Å²) in [5.74, 6) is 0.0542. The second-order valence-electron chi connectivity index (χ2n) is 7.47. The summed E-state index contributed by atoms with van der Waals surface area (Å²) in [6, 6.07) is 13.7. The molecule has 0 saturated heterocycles. The molecule has 0 aromatic heterocycles. The Morgan fingerprint density at radius 3 is 2.48 bits per heavy atom. The standard InChI is InChI=1S/C23H28N2O4S2/c1-15(26)29-21-22(16-6-8-17(28-4)9-7-16)31-20-11-10-18(30-5)14-19(20)25(23(21)27)13-12-24(2)3/h6-11,14,21-22H,12-13H2,1-5H3. The van der Waals surface area contributed by atoms with Crippen LogP contribution in [0.2, 0.25) is 0 Å². The molecule has 0 N–H and O–H groups in total.